The number of carbonyl (C=O) groups excluding carboxylic acids is 2. The van der Waals surface area contributed by atoms with E-state index in [0.29, 0.717) is 19.5 Å². The summed E-state index contributed by atoms with van der Waals surface area (Å²) in [4.78, 5) is 27.7. The highest BCUT2D eigenvalue weighted by Crippen LogP contribution is 2.25. The summed E-state index contributed by atoms with van der Waals surface area (Å²) in [7, 11) is 0. The minimum absolute atomic E-state index is 0.0510. The third-order valence-electron chi connectivity index (χ3n) is 5.02. The van der Waals surface area contributed by atoms with Gasteiger partial charge in [0.2, 0.25) is 11.8 Å². The highest BCUT2D eigenvalue weighted by Gasteiger charge is 2.31. The van der Waals surface area contributed by atoms with Crippen molar-refractivity contribution in [1.29, 1.82) is 0 Å². The fraction of sp³-hybridized carbons (Fsp3) is 0.391. The third-order valence-corrected chi connectivity index (χ3v) is 5.02. The second-order valence-electron chi connectivity index (χ2n) is 7.05. The van der Waals surface area contributed by atoms with Gasteiger partial charge < -0.3 is 15.0 Å². The molecule has 0 saturated carbocycles. The van der Waals surface area contributed by atoms with E-state index in [0.717, 1.165) is 30.6 Å². The number of carbonyl (C=O) groups is 2. The van der Waals surface area contributed by atoms with Crippen LogP contribution in [0, 0.1) is 0 Å². The maximum absolute atomic E-state index is 13.2. The Hall–Kier alpha value is -2.66. The van der Waals surface area contributed by atoms with Gasteiger partial charge in [0.05, 0.1) is 6.10 Å². The van der Waals surface area contributed by atoms with Gasteiger partial charge in [0.1, 0.15) is 6.04 Å². The molecule has 1 N–H and O–H groups in total. The molecule has 1 aliphatic rings. The minimum Gasteiger partial charge on any atom is -0.376 e. The molecular formula is C23H28N2O3. The maximum atomic E-state index is 13.2. The Morgan fingerprint density at radius 3 is 2.39 bits per heavy atom. The first-order valence-corrected chi connectivity index (χ1v) is 9.96. The summed E-state index contributed by atoms with van der Waals surface area (Å²) in [5, 5.41) is 3.01. The fourth-order valence-corrected chi connectivity index (χ4v) is 3.53. The number of hydrogen-bond acceptors (Lipinski definition) is 3. The Morgan fingerprint density at radius 2 is 1.79 bits per heavy atom. The van der Waals surface area contributed by atoms with E-state index in [1.165, 1.54) is 0 Å². The molecule has 2 amide bonds. The molecule has 1 heterocycles. The van der Waals surface area contributed by atoms with Crippen molar-refractivity contribution in [2.24, 2.45) is 0 Å². The Labute approximate surface area is 166 Å². The molecule has 28 heavy (non-hydrogen) atoms. The molecule has 5 heteroatoms. The number of amides is 2. The quantitative estimate of drug-likeness (QED) is 0.763. The van der Waals surface area contributed by atoms with E-state index in [1.807, 2.05) is 67.6 Å². The lowest BCUT2D eigenvalue weighted by Crippen LogP contribution is -2.44. The Kier molecular flexibility index (Phi) is 7.20. The Balaban J connectivity index is 1.85. The van der Waals surface area contributed by atoms with Gasteiger partial charge in [-0.05, 0) is 24.0 Å². The molecule has 1 saturated heterocycles. The van der Waals surface area contributed by atoms with Crippen molar-refractivity contribution >= 4 is 11.8 Å². The van der Waals surface area contributed by atoms with Crippen LogP contribution in [-0.2, 0) is 20.9 Å². The Bertz CT molecular complexity index is 758. The van der Waals surface area contributed by atoms with Crippen molar-refractivity contribution in [1.82, 2.24) is 10.2 Å². The molecule has 2 aromatic carbocycles. The van der Waals surface area contributed by atoms with Crippen LogP contribution in [0.15, 0.2) is 60.7 Å². The topological polar surface area (TPSA) is 58.6 Å². The van der Waals surface area contributed by atoms with E-state index in [4.69, 9.17) is 4.74 Å². The predicted molar refractivity (Wildman–Crippen MR) is 108 cm³/mol. The zero-order chi connectivity index (χ0) is 19.8. The molecule has 0 unspecified atom stereocenters. The lowest BCUT2D eigenvalue weighted by molar-refractivity contribution is -0.141. The van der Waals surface area contributed by atoms with Gasteiger partial charge in [-0.3, -0.25) is 9.59 Å². The third kappa shape index (κ3) is 5.20. The van der Waals surface area contributed by atoms with Gasteiger partial charge in [-0.2, -0.15) is 0 Å². The molecule has 0 radical (unpaired) electrons. The first-order chi connectivity index (χ1) is 13.7. The van der Waals surface area contributed by atoms with Gasteiger partial charge in [0.25, 0.3) is 0 Å². The molecule has 2 aromatic rings. The van der Waals surface area contributed by atoms with Crippen LogP contribution in [0.5, 0.6) is 0 Å². The average Bonchev–Trinajstić information content (AvgIpc) is 3.26. The van der Waals surface area contributed by atoms with Crippen LogP contribution >= 0.6 is 0 Å². The maximum Gasteiger partial charge on any atom is 0.247 e. The van der Waals surface area contributed by atoms with Crippen molar-refractivity contribution in [2.45, 2.75) is 44.9 Å². The molecule has 0 aliphatic carbocycles. The highest BCUT2D eigenvalue weighted by atomic mass is 16.5. The van der Waals surface area contributed by atoms with E-state index in [9.17, 15) is 9.59 Å². The molecule has 0 aromatic heterocycles. The van der Waals surface area contributed by atoms with Crippen LogP contribution in [0.2, 0.25) is 0 Å². The van der Waals surface area contributed by atoms with Gasteiger partial charge in [0.15, 0.2) is 0 Å². The first kappa shape index (κ1) is 20.1. The van der Waals surface area contributed by atoms with Crippen LogP contribution in [0.4, 0.5) is 0 Å². The summed E-state index contributed by atoms with van der Waals surface area (Å²) < 4.78 is 5.62. The molecule has 0 bridgehead atoms. The number of nitrogens with one attached hydrogen (secondary N) is 1. The average molecular weight is 380 g/mol. The smallest absolute Gasteiger partial charge is 0.247 e. The summed E-state index contributed by atoms with van der Waals surface area (Å²) >= 11 is 0. The van der Waals surface area contributed by atoms with Crippen molar-refractivity contribution in [3.63, 3.8) is 0 Å². The van der Waals surface area contributed by atoms with E-state index in [1.54, 1.807) is 4.90 Å². The number of nitrogens with zero attached hydrogens (tertiary/aromatic N) is 1. The monoisotopic (exact) mass is 380 g/mol. The first-order valence-electron chi connectivity index (χ1n) is 9.96. The van der Waals surface area contributed by atoms with Crippen LogP contribution < -0.4 is 5.32 Å². The summed E-state index contributed by atoms with van der Waals surface area (Å²) in [5.74, 6) is -0.218. The van der Waals surface area contributed by atoms with E-state index < -0.39 is 6.04 Å². The van der Waals surface area contributed by atoms with Crippen molar-refractivity contribution in [3.05, 3.63) is 71.8 Å². The summed E-state index contributed by atoms with van der Waals surface area (Å²) in [6, 6.07) is 18.6. The van der Waals surface area contributed by atoms with Crippen molar-refractivity contribution in [3.8, 4) is 0 Å². The second kappa shape index (κ2) is 10.0. The van der Waals surface area contributed by atoms with Gasteiger partial charge in [-0.15, -0.1) is 0 Å². The number of benzene rings is 2. The van der Waals surface area contributed by atoms with Crippen molar-refractivity contribution in [2.75, 3.05) is 13.2 Å². The fourth-order valence-electron chi connectivity index (χ4n) is 3.53. The van der Waals surface area contributed by atoms with Gasteiger partial charge in [-0.1, -0.05) is 67.6 Å². The van der Waals surface area contributed by atoms with Crippen LogP contribution in [-0.4, -0.2) is 36.0 Å². The largest absolute Gasteiger partial charge is 0.376 e. The zero-order valence-corrected chi connectivity index (χ0v) is 16.3. The van der Waals surface area contributed by atoms with Gasteiger partial charge in [-0.25, -0.2) is 0 Å². The van der Waals surface area contributed by atoms with E-state index in [2.05, 4.69) is 5.32 Å². The molecule has 3 rings (SSSR count). The number of rotatable bonds is 8. The lowest BCUT2D eigenvalue weighted by Gasteiger charge is -2.31. The summed E-state index contributed by atoms with van der Waals surface area (Å²) in [6.45, 7) is 3.44. The van der Waals surface area contributed by atoms with Crippen LogP contribution in [0.3, 0.4) is 0 Å². The van der Waals surface area contributed by atoms with Crippen LogP contribution in [0.25, 0.3) is 0 Å². The molecule has 2 atom stereocenters. The Morgan fingerprint density at radius 1 is 1.11 bits per heavy atom. The van der Waals surface area contributed by atoms with E-state index in [-0.39, 0.29) is 17.9 Å². The van der Waals surface area contributed by atoms with Crippen LogP contribution in [0.1, 0.15) is 43.4 Å². The second-order valence-corrected chi connectivity index (χ2v) is 7.05. The normalized spacial score (nSPS) is 17.1. The highest BCUT2D eigenvalue weighted by molar-refractivity contribution is 5.88. The van der Waals surface area contributed by atoms with Crippen molar-refractivity contribution < 1.29 is 14.3 Å². The number of ether oxygens (including phenoxy) is 1. The SMILES string of the molecule is CCC(=O)N(Cc1ccccc1)[C@H](C(=O)NC[C@H]1CCCO1)c1ccccc1. The molecular weight excluding hydrogens is 352 g/mol. The predicted octanol–water partition coefficient (Wildman–Crippen LogP) is 3.46. The van der Waals surface area contributed by atoms with Gasteiger partial charge in [0, 0.05) is 26.1 Å². The molecule has 1 fully saturated rings. The summed E-state index contributed by atoms with van der Waals surface area (Å²) in [6.07, 6.45) is 2.38. The molecule has 0 spiro atoms. The van der Waals surface area contributed by atoms with E-state index >= 15 is 0 Å². The van der Waals surface area contributed by atoms with Gasteiger partial charge >= 0.3 is 0 Å². The number of hydrogen-bond donors (Lipinski definition) is 1. The lowest BCUT2D eigenvalue weighted by atomic mass is 10.0. The minimum atomic E-state index is -0.671. The molecule has 5 nitrogen and oxygen atoms in total. The molecule has 148 valence electrons. The summed E-state index contributed by atoms with van der Waals surface area (Å²) in [5.41, 5.74) is 1.81. The standard InChI is InChI=1S/C23H28N2O3/c1-2-21(26)25(17-18-10-5-3-6-11-18)22(19-12-7-4-8-13-19)23(27)24-16-20-14-9-15-28-20/h3-8,10-13,20,22H,2,9,14-17H2,1H3,(H,24,27)/t20-,22+/m1/s1. The molecule has 1 aliphatic heterocycles. The zero-order valence-electron chi connectivity index (χ0n) is 16.3.